The monoisotopic (exact) mass is 230 g/mol. The van der Waals surface area contributed by atoms with Crippen molar-refractivity contribution in [3.8, 4) is 0 Å². The quantitative estimate of drug-likeness (QED) is 0.813. The van der Waals surface area contributed by atoms with Gasteiger partial charge in [0.25, 0.3) is 0 Å². The summed E-state index contributed by atoms with van der Waals surface area (Å²) in [6, 6.07) is 8.55. The van der Waals surface area contributed by atoms with Gasteiger partial charge in [-0.25, -0.2) is 0 Å². The van der Waals surface area contributed by atoms with Crippen LogP contribution in [-0.2, 0) is 16.6 Å². The van der Waals surface area contributed by atoms with Crippen LogP contribution in [0.5, 0.6) is 0 Å². The molecule has 1 aromatic carbocycles. The van der Waals surface area contributed by atoms with Crippen LogP contribution in [0.25, 0.3) is 0 Å². The molecule has 0 radical (unpaired) electrons. The summed E-state index contributed by atoms with van der Waals surface area (Å²) in [7, 11) is 0. The Bertz CT molecular complexity index is 457. The predicted octanol–water partition coefficient (Wildman–Crippen LogP) is 0.965. The van der Waals surface area contributed by atoms with Crippen molar-refractivity contribution in [2.24, 2.45) is 11.7 Å². The van der Waals surface area contributed by atoms with E-state index in [2.05, 4.69) is 29.6 Å². The zero-order chi connectivity index (χ0) is 11.9. The van der Waals surface area contributed by atoms with Crippen LogP contribution < -0.4 is 11.1 Å². The van der Waals surface area contributed by atoms with Gasteiger partial charge in [0.2, 0.25) is 5.91 Å². The molecule has 0 saturated heterocycles. The molecule has 0 aromatic heterocycles. The van der Waals surface area contributed by atoms with Crippen LogP contribution in [0, 0.1) is 5.92 Å². The largest absolute Gasteiger partial charge is 0.355 e. The molecule has 1 amide bonds. The van der Waals surface area contributed by atoms with Crippen molar-refractivity contribution < 1.29 is 4.79 Å². The zero-order valence-corrected chi connectivity index (χ0v) is 9.91. The van der Waals surface area contributed by atoms with E-state index in [0.29, 0.717) is 13.1 Å². The fourth-order valence-corrected chi connectivity index (χ4v) is 3.26. The maximum atomic E-state index is 12.0. The van der Waals surface area contributed by atoms with E-state index < -0.39 is 0 Å². The van der Waals surface area contributed by atoms with Crippen LogP contribution in [0.1, 0.15) is 24.0 Å². The fourth-order valence-electron chi connectivity index (χ4n) is 3.26. The van der Waals surface area contributed by atoms with Gasteiger partial charge in [-0.15, -0.1) is 0 Å². The first-order valence-electron chi connectivity index (χ1n) is 6.34. The van der Waals surface area contributed by atoms with Gasteiger partial charge in [-0.1, -0.05) is 24.3 Å². The van der Waals surface area contributed by atoms with E-state index >= 15 is 0 Å². The molecule has 2 unspecified atom stereocenters. The second-order valence-corrected chi connectivity index (χ2v) is 5.15. The molecule has 90 valence electrons. The minimum Gasteiger partial charge on any atom is -0.355 e. The van der Waals surface area contributed by atoms with Crippen LogP contribution in [0.15, 0.2) is 24.3 Å². The summed E-state index contributed by atoms with van der Waals surface area (Å²) in [6.07, 6.45) is 3.27. The zero-order valence-electron chi connectivity index (χ0n) is 9.91. The molecule has 2 atom stereocenters. The van der Waals surface area contributed by atoms with Gasteiger partial charge < -0.3 is 11.1 Å². The first kappa shape index (κ1) is 10.8. The van der Waals surface area contributed by atoms with Crippen molar-refractivity contribution in [3.63, 3.8) is 0 Å². The molecule has 0 heterocycles. The van der Waals surface area contributed by atoms with Crippen molar-refractivity contribution in [2.45, 2.75) is 24.7 Å². The number of benzene rings is 1. The van der Waals surface area contributed by atoms with Crippen molar-refractivity contribution >= 4 is 5.91 Å². The lowest BCUT2D eigenvalue weighted by molar-refractivity contribution is -0.122. The number of carbonyl (C=O) groups is 1. The third-order valence-electron chi connectivity index (χ3n) is 4.23. The van der Waals surface area contributed by atoms with Crippen molar-refractivity contribution in [2.75, 3.05) is 13.1 Å². The van der Waals surface area contributed by atoms with E-state index in [4.69, 9.17) is 5.73 Å². The van der Waals surface area contributed by atoms with Gasteiger partial charge in [-0.3, -0.25) is 4.79 Å². The highest BCUT2D eigenvalue weighted by Gasteiger charge is 2.61. The summed E-state index contributed by atoms with van der Waals surface area (Å²) >= 11 is 0. The molecule has 3 nitrogen and oxygen atoms in total. The summed E-state index contributed by atoms with van der Waals surface area (Å²) in [5.41, 5.74) is 8.41. The normalized spacial score (nSPS) is 29.1. The maximum absolute atomic E-state index is 12.0. The van der Waals surface area contributed by atoms with E-state index in [1.165, 1.54) is 11.1 Å². The number of nitrogens with one attached hydrogen (secondary N) is 1. The van der Waals surface area contributed by atoms with E-state index in [-0.39, 0.29) is 17.2 Å². The fraction of sp³-hybridized carbons (Fsp3) is 0.500. The van der Waals surface area contributed by atoms with Crippen LogP contribution in [0.2, 0.25) is 0 Å². The van der Waals surface area contributed by atoms with Crippen LogP contribution in [0.4, 0.5) is 0 Å². The lowest BCUT2D eigenvalue weighted by Crippen LogP contribution is -2.32. The Hall–Kier alpha value is -1.35. The van der Waals surface area contributed by atoms with Crippen LogP contribution in [0.3, 0.4) is 0 Å². The number of amides is 1. The highest BCUT2D eigenvalue weighted by molar-refractivity contribution is 5.85. The van der Waals surface area contributed by atoms with E-state index in [9.17, 15) is 4.79 Å². The number of hydrogen-bond donors (Lipinski definition) is 2. The second kappa shape index (κ2) is 3.84. The first-order chi connectivity index (χ1) is 8.28. The molecule has 1 aromatic rings. The molecular weight excluding hydrogens is 212 g/mol. The first-order valence-corrected chi connectivity index (χ1v) is 6.34. The summed E-state index contributed by atoms with van der Waals surface area (Å²) in [5.74, 6) is 0.366. The molecule has 2 aliphatic carbocycles. The average molecular weight is 230 g/mol. The molecular formula is C14H18N2O. The summed E-state index contributed by atoms with van der Waals surface area (Å²) in [5, 5.41) is 2.91. The maximum Gasteiger partial charge on any atom is 0.224 e. The molecule has 0 bridgehead atoms. The predicted molar refractivity (Wildman–Crippen MR) is 66.6 cm³/mol. The number of aryl methyl sites for hydroxylation is 1. The molecule has 3 N–H and O–H groups in total. The van der Waals surface area contributed by atoms with Gasteiger partial charge >= 0.3 is 0 Å². The molecule has 1 saturated carbocycles. The highest BCUT2D eigenvalue weighted by atomic mass is 16.2. The topological polar surface area (TPSA) is 55.1 Å². The Labute approximate surface area is 101 Å². The van der Waals surface area contributed by atoms with Crippen molar-refractivity contribution in [1.82, 2.24) is 5.32 Å². The minimum atomic E-state index is 0.162. The highest BCUT2D eigenvalue weighted by Crippen LogP contribution is 2.61. The van der Waals surface area contributed by atoms with Gasteiger partial charge in [-0.05, 0) is 30.4 Å². The van der Waals surface area contributed by atoms with Gasteiger partial charge in [0.1, 0.15) is 0 Å². The smallest absolute Gasteiger partial charge is 0.224 e. The second-order valence-electron chi connectivity index (χ2n) is 5.15. The number of nitrogens with two attached hydrogens (primary N) is 1. The molecule has 1 fully saturated rings. The average Bonchev–Trinajstić information content (AvgIpc) is 2.98. The van der Waals surface area contributed by atoms with Gasteiger partial charge in [-0.2, -0.15) is 0 Å². The molecule has 3 heteroatoms. The van der Waals surface area contributed by atoms with Crippen LogP contribution in [-0.4, -0.2) is 19.0 Å². The summed E-state index contributed by atoms with van der Waals surface area (Å²) in [4.78, 5) is 12.0. The number of hydrogen-bond acceptors (Lipinski definition) is 2. The Morgan fingerprint density at radius 1 is 1.47 bits per heavy atom. The number of rotatable bonds is 3. The van der Waals surface area contributed by atoms with Gasteiger partial charge in [0, 0.05) is 24.4 Å². The third-order valence-corrected chi connectivity index (χ3v) is 4.23. The summed E-state index contributed by atoms with van der Waals surface area (Å²) in [6.45, 7) is 1.11. The van der Waals surface area contributed by atoms with Gasteiger partial charge in [0.15, 0.2) is 0 Å². The van der Waals surface area contributed by atoms with E-state index in [1.54, 1.807) is 0 Å². The van der Waals surface area contributed by atoms with Crippen molar-refractivity contribution in [1.29, 1.82) is 0 Å². The Morgan fingerprint density at radius 2 is 2.29 bits per heavy atom. The van der Waals surface area contributed by atoms with E-state index in [1.807, 2.05) is 0 Å². The SMILES string of the molecule is NCCNC(=O)C1CC12CCc1ccccc12. The standard InChI is InChI=1S/C14H18N2O/c15-7-8-16-13(17)12-9-14(12)6-5-10-3-1-2-4-11(10)14/h1-4,12H,5-9,15H2,(H,16,17). The summed E-state index contributed by atoms with van der Waals surface area (Å²) < 4.78 is 0. The van der Waals surface area contributed by atoms with E-state index in [0.717, 1.165) is 19.3 Å². The number of carbonyl (C=O) groups excluding carboxylic acids is 1. The molecule has 3 rings (SSSR count). The van der Waals surface area contributed by atoms with Gasteiger partial charge in [0.05, 0.1) is 0 Å². The molecule has 1 spiro atoms. The minimum absolute atomic E-state index is 0.162. The Morgan fingerprint density at radius 3 is 3.12 bits per heavy atom. The Balaban J connectivity index is 1.77. The lowest BCUT2D eigenvalue weighted by atomic mass is 9.95. The van der Waals surface area contributed by atoms with Crippen molar-refractivity contribution in [3.05, 3.63) is 35.4 Å². The lowest BCUT2D eigenvalue weighted by Gasteiger charge is -2.11. The third kappa shape index (κ3) is 1.57. The molecule has 17 heavy (non-hydrogen) atoms. The Kier molecular flexibility index (Phi) is 2.44. The number of fused-ring (bicyclic) bond motifs is 2. The van der Waals surface area contributed by atoms with Crippen LogP contribution >= 0.6 is 0 Å². The molecule has 0 aliphatic heterocycles. The molecule has 2 aliphatic rings.